The van der Waals surface area contributed by atoms with Gasteiger partial charge in [0.2, 0.25) is 0 Å². The Morgan fingerprint density at radius 2 is 1.70 bits per heavy atom. The molecule has 0 aliphatic carbocycles. The molecule has 1 aromatic heterocycles. The Morgan fingerprint density at radius 1 is 1.04 bits per heavy atom. The van der Waals surface area contributed by atoms with Crippen molar-refractivity contribution in [3.63, 3.8) is 0 Å². The number of hydrogen-bond donors (Lipinski definition) is 2. The first-order chi connectivity index (χ1) is 13.1. The smallest absolute Gasteiger partial charge is 0.251 e. The maximum Gasteiger partial charge on any atom is 0.251 e. The second-order valence-electron chi connectivity index (χ2n) is 6.51. The van der Waals surface area contributed by atoms with Gasteiger partial charge in [-0.05, 0) is 42.9 Å². The Bertz CT molecular complexity index is 845. The van der Waals surface area contributed by atoms with Gasteiger partial charge in [0.15, 0.2) is 5.16 Å². The molecule has 1 amide bonds. The van der Waals surface area contributed by atoms with E-state index >= 15 is 0 Å². The van der Waals surface area contributed by atoms with Gasteiger partial charge in [0.05, 0.1) is 0 Å². The van der Waals surface area contributed by atoms with E-state index in [1.165, 1.54) is 11.9 Å². The van der Waals surface area contributed by atoms with E-state index in [0.29, 0.717) is 12.1 Å². The molecule has 0 aliphatic rings. The van der Waals surface area contributed by atoms with Crippen LogP contribution in [-0.4, -0.2) is 40.1 Å². The van der Waals surface area contributed by atoms with Crippen molar-refractivity contribution in [3.05, 3.63) is 77.1 Å². The topological polar surface area (TPSA) is 73.9 Å². The van der Waals surface area contributed by atoms with E-state index in [1.807, 2.05) is 38.4 Å². The van der Waals surface area contributed by atoms with Crippen LogP contribution in [0.4, 0.5) is 0 Å². The van der Waals surface area contributed by atoms with Crippen LogP contribution in [0.3, 0.4) is 0 Å². The van der Waals surface area contributed by atoms with Crippen molar-refractivity contribution in [1.29, 1.82) is 0 Å². The minimum Gasteiger partial charge on any atom is -0.348 e. The number of carbonyl (C=O) groups is 1. The maximum absolute atomic E-state index is 12.3. The summed E-state index contributed by atoms with van der Waals surface area (Å²) in [7, 11) is 4.10. The Hall–Kier alpha value is -2.64. The summed E-state index contributed by atoms with van der Waals surface area (Å²) in [5, 5.41) is 10.4. The molecule has 0 aliphatic heterocycles. The number of aromatic nitrogens is 3. The van der Waals surface area contributed by atoms with Gasteiger partial charge < -0.3 is 10.2 Å². The lowest BCUT2D eigenvalue weighted by Crippen LogP contribution is -2.22. The van der Waals surface area contributed by atoms with Gasteiger partial charge in [-0.15, -0.1) is 0 Å². The Kier molecular flexibility index (Phi) is 6.62. The second kappa shape index (κ2) is 9.34. The molecule has 0 saturated heterocycles. The number of hydrogen-bond acceptors (Lipinski definition) is 5. The summed E-state index contributed by atoms with van der Waals surface area (Å²) < 4.78 is 0. The number of benzene rings is 2. The second-order valence-corrected chi connectivity index (χ2v) is 7.48. The maximum atomic E-state index is 12.3. The van der Waals surface area contributed by atoms with E-state index in [9.17, 15) is 4.79 Å². The molecule has 1 heterocycles. The molecule has 0 saturated carbocycles. The van der Waals surface area contributed by atoms with Crippen LogP contribution >= 0.6 is 11.8 Å². The molecule has 3 aromatic rings. The highest BCUT2D eigenvalue weighted by molar-refractivity contribution is 7.98. The fraction of sp³-hybridized carbons (Fsp3) is 0.250. The van der Waals surface area contributed by atoms with Crippen molar-refractivity contribution in [2.45, 2.75) is 24.0 Å². The van der Waals surface area contributed by atoms with Crippen molar-refractivity contribution >= 4 is 17.7 Å². The molecule has 0 spiro atoms. The zero-order valence-electron chi connectivity index (χ0n) is 15.5. The number of H-pyrrole nitrogens is 1. The van der Waals surface area contributed by atoms with E-state index in [2.05, 4.69) is 49.7 Å². The summed E-state index contributed by atoms with van der Waals surface area (Å²) in [6.45, 7) is 1.43. The minimum absolute atomic E-state index is 0.0678. The van der Waals surface area contributed by atoms with Gasteiger partial charge in [0, 0.05) is 24.4 Å². The minimum atomic E-state index is -0.0678. The van der Waals surface area contributed by atoms with Crippen LogP contribution in [0.25, 0.3) is 0 Å². The summed E-state index contributed by atoms with van der Waals surface area (Å²) in [6.07, 6.45) is 1.49. The summed E-state index contributed by atoms with van der Waals surface area (Å²) in [5.74, 6) is 0.706. The number of nitrogens with one attached hydrogen (secondary N) is 2. The van der Waals surface area contributed by atoms with Crippen LogP contribution < -0.4 is 5.32 Å². The number of thioether (sulfide) groups is 1. The fourth-order valence-electron chi connectivity index (χ4n) is 2.58. The van der Waals surface area contributed by atoms with Crippen LogP contribution in [0.5, 0.6) is 0 Å². The molecule has 0 unspecified atom stereocenters. The van der Waals surface area contributed by atoms with Crippen LogP contribution in [-0.2, 0) is 18.8 Å². The predicted octanol–water partition coefficient (Wildman–Crippen LogP) is 3.09. The molecule has 2 N–H and O–H groups in total. The molecule has 7 heteroatoms. The Labute approximate surface area is 163 Å². The van der Waals surface area contributed by atoms with E-state index < -0.39 is 0 Å². The summed E-state index contributed by atoms with van der Waals surface area (Å²) in [4.78, 5) is 18.5. The summed E-state index contributed by atoms with van der Waals surface area (Å²) in [6, 6.07) is 16.0. The molecule has 2 aromatic carbocycles. The van der Waals surface area contributed by atoms with Crippen molar-refractivity contribution in [2.75, 3.05) is 14.1 Å². The molecule has 3 rings (SSSR count). The molecular weight excluding hydrogens is 358 g/mol. The first-order valence-electron chi connectivity index (χ1n) is 8.68. The third kappa shape index (κ3) is 5.94. The first kappa shape index (κ1) is 19.1. The van der Waals surface area contributed by atoms with Gasteiger partial charge in [-0.1, -0.05) is 48.2 Å². The molecular formula is C20H23N5OS. The van der Waals surface area contributed by atoms with Crippen molar-refractivity contribution in [1.82, 2.24) is 25.4 Å². The highest BCUT2D eigenvalue weighted by Crippen LogP contribution is 2.18. The zero-order valence-corrected chi connectivity index (χ0v) is 16.3. The van der Waals surface area contributed by atoms with E-state index in [-0.39, 0.29) is 5.91 Å². The molecule has 0 radical (unpaired) electrons. The highest BCUT2D eigenvalue weighted by Gasteiger charge is 2.06. The average molecular weight is 382 g/mol. The molecule has 140 valence electrons. The summed E-state index contributed by atoms with van der Waals surface area (Å²) in [5.41, 5.74) is 4.14. The Morgan fingerprint density at radius 3 is 2.33 bits per heavy atom. The lowest BCUT2D eigenvalue weighted by atomic mass is 10.1. The van der Waals surface area contributed by atoms with Crippen molar-refractivity contribution in [2.24, 2.45) is 0 Å². The summed E-state index contributed by atoms with van der Waals surface area (Å²) >= 11 is 1.57. The van der Waals surface area contributed by atoms with Crippen LogP contribution in [0.2, 0.25) is 0 Å². The van der Waals surface area contributed by atoms with E-state index in [1.54, 1.807) is 11.8 Å². The lowest BCUT2D eigenvalue weighted by Gasteiger charge is -2.10. The first-order valence-corrected chi connectivity index (χ1v) is 9.66. The van der Waals surface area contributed by atoms with Gasteiger partial charge in [-0.3, -0.25) is 9.89 Å². The van der Waals surface area contributed by atoms with Crippen molar-refractivity contribution < 1.29 is 4.79 Å². The van der Waals surface area contributed by atoms with E-state index in [4.69, 9.17) is 0 Å². The third-order valence-electron chi connectivity index (χ3n) is 3.96. The number of amides is 1. The van der Waals surface area contributed by atoms with Crippen LogP contribution in [0.1, 0.15) is 27.0 Å². The van der Waals surface area contributed by atoms with Gasteiger partial charge in [0.25, 0.3) is 5.91 Å². The molecule has 0 atom stereocenters. The fourth-order valence-corrected chi connectivity index (χ4v) is 3.31. The molecule has 27 heavy (non-hydrogen) atoms. The van der Waals surface area contributed by atoms with Gasteiger partial charge >= 0.3 is 0 Å². The molecule has 6 nitrogen and oxygen atoms in total. The van der Waals surface area contributed by atoms with Gasteiger partial charge in [-0.25, -0.2) is 4.98 Å². The lowest BCUT2D eigenvalue weighted by molar-refractivity contribution is 0.0951. The predicted molar refractivity (Wildman–Crippen MR) is 107 cm³/mol. The number of nitrogens with zero attached hydrogens (tertiary/aromatic N) is 3. The standard InChI is InChI=1S/C20H23N5OS/c1-25(2)12-16-5-3-15(4-6-16)11-21-19(26)18-9-7-17(8-10-18)13-27-20-22-14-23-24-20/h3-10,14H,11-13H2,1-2H3,(H,21,26)(H,22,23,24). The highest BCUT2D eigenvalue weighted by atomic mass is 32.2. The van der Waals surface area contributed by atoms with Crippen LogP contribution in [0, 0.1) is 0 Å². The third-order valence-corrected chi connectivity index (χ3v) is 4.91. The largest absolute Gasteiger partial charge is 0.348 e. The van der Waals surface area contributed by atoms with Gasteiger partial charge in [-0.2, -0.15) is 5.10 Å². The molecule has 0 bridgehead atoms. The number of aromatic amines is 1. The van der Waals surface area contributed by atoms with Crippen molar-refractivity contribution in [3.8, 4) is 0 Å². The SMILES string of the molecule is CN(C)Cc1ccc(CNC(=O)c2ccc(CSc3ncn[nH]3)cc2)cc1. The number of carbonyl (C=O) groups excluding carboxylic acids is 1. The quantitative estimate of drug-likeness (QED) is 0.587. The normalized spacial score (nSPS) is 10.9. The monoisotopic (exact) mass is 381 g/mol. The zero-order chi connectivity index (χ0) is 19.1. The average Bonchev–Trinajstić information content (AvgIpc) is 3.19. The van der Waals surface area contributed by atoms with E-state index in [0.717, 1.165) is 28.6 Å². The number of rotatable bonds is 8. The van der Waals surface area contributed by atoms with Gasteiger partial charge in [0.1, 0.15) is 6.33 Å². The Balaban J connectivity index is 1.49. The molecule has 0 fully saturated rings. The van der Waals surface area contributed by atoms with Crippen LogP contribution in [0.15, 0.2) is 60.0 Å².